The number of H-pyrrole nitrogens is 1. The maximum atomic E-state index is 12.0. The molecule has 1 aromatic rings. The van der Waals surface area contributed by atoms with E-state index in [1.165, 1.54) is 6.20 Å². The van der Waals surface area contributed by atoms with Gasteiger partial charge >= 0.3 is 0 Å². The van der Waals surface area contributed by atoms with Crippen LogP contribution in [0.1, 0.15) is 24.3 Å². The number of aromatic amines is 1. The fourth-order valence-electron chi connectivity index (χ4n) is 2.12. The molecule has 1 aliphatic heterocycles. The molecule has 1 amide bonds. The minimum Gasteiger partial charge on any atom is -0.389 e. The second-order valence-corrected chi connectivity index (χ2v) is 5.24. The van der Waals surface area contributed by atoms with Crippen molar-refractivity contribution < 1.29 is 9.90 Å². The Morgan fingerprint density at radius 3 is 2.61 bits per heavy atom. The summed E-state index contributed by atoms with van der Waals surface area (Å²) in [5, 5.41) is 19.6. The van der Waals surface area contributed by atoms with Gasteiger partial charge in [0.25, 0.3) is 5.91 Å². The van der Waals surface area contributed by atoms with Crippen molar-refractivity contribution in [1.82, 2.24) is 25.2 Å². The number of piperazine rings is 1. The standard InChI is InChI=1S/C11H19N5O2/c1-11(2,18)8-15-3-5-16(6-4-15)10(17)9-7-12-14-13-9/h7,18H,3-6,8H2,1-2H3,(H,12,13,14). The lowest BCUT2D eigenvalue weighted by molar-refractivity contribution is 0.0177. The van der Waals surface area contributed by atoms with Crippen LogP contribution in [0, 0.1) is 0 Å². The molecule has 1 aliphatic rings. The minimum absolute atomic E-state index is 0.0911. The van der Waals surface area contributed by atoms with Crippen LogP contribution in [0.2, 0.25) is 0 Å². The average Bonchev–Trinajstić information content (AvgIpc) is 2.80. The quantitative estimate of drug-likeness (QED) is 0.746. The molecule has 0 spiro atoms. The summed E-state index contributed by atoms with van der Waals surface area (Å²) in [7, 11) is 0. The van der Waals surface area contributed by atoms with Gasteiger partial charge in [-0.3, -0.25) is 9.69 Å². The molecule has 0 bridgehead atoms. The molecule has 0 aliphatic carbocycles. The van der Waals surface area contributed by atoms with Crippen LogP contribution in [-0.4, -0.2) is 74.5 Å². The van der Waals surface area contributed by atoms with Crippen LogP contribution in [0.3, 0.4) is 0 Å². The Balaban J connectivity index is 1.85. The van der Waals surface area contributed by atoms with E-state index in [2.05, 4.69) is 20.3 Å². The number of amides is 1. The van der Waals surface area contributed by atoms with Crippen molar-refractivity contribution in [2.24, 2.45) is 0 Å². The zero-order chi connectivity index (χ0) is 13.2. The summed E-state index contributed by atoms with van der Waals surface area (Å²) in [6.07, 6.45) is 1.44. The molecule has 0 aromatic carbocycles. The second kappa shape index (κ2) is 5.03. The molecule has 7 nitrogen and oxygen atoms in total. The molecular formula is C11H19N5O2. The first-order valence-corrected chi connectivity index (χ1v) is 6.05. The van der Waals surface area contributed by atoms with E-state index in [0.717, 1.165) is 13.1 Å². The molecule has 2 N–H and O–H groups in total. The summed E-state index contributed by atoms with van der Waals surface area (Å²) in [6.45, 7) is 7.06. The zero-order valence-electron chi connectivity index (χ0n) is 10.8. The molecule has 2 heterocycles. The van der Waals surface area contributed by atoms with Gasteiger partial charge in [0.1, 0.15) is 0 Å². The minimum atomic E-state index is -0.696. The highest BCUT2D eigenvalue weighted by molar-refractivity contribution is 5.91. The normalized spacial score (nSPS) is 18.1. The third-order valence-electron chi connectivity index (χ3n) is 2.90. The van der Waals surface area contributed by atoms with Crippen LogP contribution in [0.15, 0.2) is 6.20 Å². The SMILES string of the molecule is CC(C)(O)CN1CCN(C(=O)c2cn[nH]n2)CC1. The van der Waals surface area contributed by atoms with Gasteiger partial charge < -0.3 is 10.0 Å². The van der Waals surface area contributed by atoms with Gasteiger partial charge in [0.05, 0.1) is 11.8 Å². The summed E-state index contributed by atoms with van der Waals surface area (Å²) >= 11 is 0. The van der Waals surface area contributed by atoms with E-state index in [1.54, 1.807) is 18.7 Å². The van der Waals surface area contributed by atoms with E-state index in [0.29, 0.717) is 25.3 Å². The van der Waals surface area contributed by atoms with Crippen LogP contribution in [-0.2, 0) is 0 Å². The van der Waals surface area contributed by atoms with E-state index in [4.69, 9.17) is 0 Å². The Morgan fingerprint density at radius 1 is 1.44 bits per heavy atom. The lowest BCUT2D eigenvalue weighted by atomic mass is 10.1. The third kappa shape index (κ3) is 3.27. The lowest BCUT2D eigenvalue weighted by Gasteiger charge is -2.36. The van der Waals surface area contributed by atoms with Crippen LogP contribution >= 0.6 is 0 Å². The van der Waals surface area contributed by atoms with Crippen LogP contribution in [0.25, 0.3) is 0 Å². The number of nitrogens with one attached hydrogen (secondary N) is 1. The molecule has 100 valence electrons. The largest absolute Gasteiger partial charge is 0.389 e. The summed E-state index contributed by atoms with van der Waals surface area (Å²) in [4.78, 5) is 15.9. The second-order valence-electron chi connectivity index (χ2n) is 5.24. The molecule has 1 aromatic heterocycles. The Kier molecular flexibility index (Phi) is 3.63. The molecule has 18 heavy (non-hydrogen) atoms. The number of β-amino-alcohol motifs (C(OH)–C–C–N with tert-alkyl or cyclic N) is 1. The Bertz CT molecular complexity index is 390. The molecule has 0 saturated carbocycles. The fraction of sp³-hybridized carbons (Fsp3) is 0.727. The van der Waals surface area contributed by atoms with Crippen molar-refractivity contribution in [3.63, 3.8) is 0 Å². The fourth-order valence-corrected chi connectivity index (χ4v) is 2.12. The summed E-state index contributed by atoms with van der Waals surface area (Å²) in [6, 6.07) is 0. The van der Waals surface area contributed by atoms with E-state index in [1.807, 2.05) is 0 Å². The van der Waals surface area contributed by atoms with Crippen molar-refractivity contribution >= 4 is 5.91 Å². The highest BCUT2D eigenvalue weighted by Crippen LogP contribution is 2.10. The van der Waals surface area contributed by atoms with E-state index < -0.39 is 5.60 Å². The number of aliphatic hydroxyl groups is 1. The predicted octanol–water partition coefficient (Wildman–Crippen LogP) is -0.667. The molecule has 1 fully saturated rings. The number of carbonyl (C=O) groups is 1. The number of rotatable bonds is 3. The Labute approximate surface area is 106 Å². The maximum Gasteiger partial charge on any atom is 0.276 e. The monoisotopic (exact) mass is 253 g/mol. The van der Waals surface area contributed by atoms with E-state index in [9.17, 15) is 9.90 Å². The molecule has 0 radical (unpaired) electrons. The van der Waals surface area contributed by atoms with Crippen LogP contribution < -0.4 is 0 Å². The number of aromatic nitrogens is 3. The molecule has 1 saturated heterocycles. The van der Waals surface area contributed by atoms with E-state index >= 15 is 0 Å². The number of nitrogens with zero attached hydrogens (tertiary/aromatic N) is 4. The Hall–Kier alpha value is -1.47. The summed E-state index contributed by atoms with van der Waals surface area (Å²) in [5.41, 5.74) is -0.343. The lowest BCUT2D eigenvalue weighted by Crippen LogP contribution is -2.52. The zero-order valence-corrected chi connectivity index (χ0v) is 10.8. The molecule has 0 unspecified atom stereocenters. The summed E-state index contributed by atoms with van der Waals surface area (Å²) in [5.74, 6) is -0.0911. The number of hydrogen-bond donors (Lipinski definition) is 2. The molecule has 0 atom stereocenters. The first-order valence-electron chi connectivity index (χ1n) is 6.05. The maximum absolute atomic E-state index is 12.0. The van der Waals surface area contributed by atoms with Gasteiger partial charge in [-0.2, -0.15) is 15.4 Å². The van der Waals surface area contributed by atoms with Gasteiger partial charge in [-0.25, -0.2) is 0 Å². The number of hydrogen-bond acceptors (Lipinski definition) is 5. The predicted molar refractivity (Wildman–Crippen MR) is 65.0 cm³/mol. The van der Waals surface area contributed by atoms with Crippen molar-refractivity contribution in [3.05, 3.63) is 11.9 Å². The Morgan fingerprint density at radius 2 is 2.11 bits per heavy atom. The molecule has 7 heteroatoms. The highest BCUT2D eigenvalue weighted by Gasteiger charge is 2.26. The van der Waals surface area contributed by atoms with Crippen LogP contribution in [0.4, 0.5) is 0 Å². The van der Waals surface area contributed by atoms with Gasteiger partial charge in [-0.05, 0) is 13.8 Å². The van der Waals surface area contributed by atoms with E-state index in [-0.39, 0.29) is 5.91 Å². The van der Waals surface area contributed by atoms with Crippen molar-refractivity contribution in [2.75, 3.05) is 32.7 Å². The average molecular weight is 253 g/mol. The molecule has 2 rings (SSSR count). The first kappa shape index (κ1) is 13.0. The van der Waals surface area contributed by atoms with Crippen molar-refractivity contribution in [3.8, 4) is 0 Å². The topological polar surface area (TPSA) is 85.4 Å². The smallest absolute Gasteiger partial charge is 0.276 e. The van der Waals surface area contributed by atoms with Gasteiger partial charge in [0.15, 0.2) is 5.69 Å². The van der Waals surface area contributed by atoms with Crippen molar-refractivity contribution in [1.29, 1.82) is 0 Å². The third-order valence-corrected chi connectivity index (χ3v) is 2.90. The van der Waals surface area contributed by atoms with Gasteiger partial charge in [-0.15, -0.1) is 0 Å². The van der Waals surface area contributed by atoms with Crippen LogP contribution in [0.5, 0.6) is 0 Å². The molecular weight excluding hydrogens is 234 g/mol. The van der Waals surface area contributed by atoms with Gasteiger partial charge in [0.2, 0.25) is 0 Å². The van der Waals surface area contributed by atoms with Gasteiger partial charge in [0, 0.05) is 32.7 Å². The van der Waals surface area contributed by atoms with Gasteiger partial charge in [-0.1, -0.05) is 0 Å². The first-order chi connectivity index (χ1) is 8.46. The summed E-state index contributed by atoms with van der Waals surface area (Å²) < 4.78 is 0. The van der Waals surface area contributed by atoms with Crippen molar-refractivity contribution in [2.45, 2.75) is 19.4 Å². The highest BCUT2D eigenvalue weighted by atomic mass is 16.3. The number of carbonyl (C=O) groups excluding carboxylic acids is 1.